The quantitative estimate of drug-likeness (QED) is 0.480. The largest absolute Gasteiger partial charge is 0.319 e. The van der Waals surface area contributed by atoms with E-state index in [0.29, 0.717) is 0 Å². The van der Waals surface area contributed by atoms with Crippen LogP contribution in [0, 0.1) is 0 Å². The van der Waals surface area contributed by atoms with Gasteiger partial charge in [-0.3, -0.25) is 4.79 Å². The lowest BCUT2D eigenvalue weighted by Gasteiger charge is -2.20. The first-order valence-corrected chi connectivity index (χ1v) is 5.41. The lowest BCUT2D eigenvalue weighted by atomic mass is 9.91. The van der Waals surface area contributed by atoms with E-state index in [-0.39, 0.29) is 5.78 Å². The highest BCUT2D eigenvalue weighted by atomic mass is 16.1. The van der Waals surface area contributed by atoms with Gasteiger partial charge in [-0.05, 0) is 33.1 Å². The van der Waals surface area contributed by atoms with Crippen molar-refractivity contribution in [1.29, 1.82) is 0 Å². The Hall–Kier alpha value is -0.630. The predicted octanol–water partition coefficient (Wildman–Crippen LogP) is 2.82. The zero-order valence-electron chi connectivity index (χ0n) is 9.51. The van der Waals surface area contributed by atoms with Gasteiger partial charge in [-0.2, -0.15) is 0 Å². The van der Waals surface area contributed by atoms with Crippen molar-refractivity contribution in [2.24, 2.45) is 5.73 Å². The van der Waals surface area contributed by atoms with Crippen LogP contribution in [0.2, 0.25) is 0 Å². The SMILES string of the molecule is C=CCCCCCC[C@@](C)(N)C(C)=O. The van der Waals surface area contributed by atoms with E-state index in [1.807, 2.05) is 13.0 Å². The van der Waals surface area contributed by atoms with E-state index < -0.39 is 5.54 Å². The molecule has 0 saturated carbocycles. The van der Waals surface area contributed by atoms with Crippen molar-refractivity contribution in [3.63, 3.8) is 0 Å². The van der Waals surface area contributed by atoms with Crippen molar-refractivity contribution in [1.82, 2.24) is 0 Å². The molecule has 0 aromatic rings. The third kappa shape index (κ3) is 5.92. The van der Waals surface area contributed by atoms with Crippen LogP contribution in [0.5, 0.6) is 0 Å². The number of ketones is 1. The van der Waals surface area contributed by atoms with Crippen LogP contribution >= 0.6 is 0 Å². The average molecular weight is 197 g/mol. The van der Waals surface area contributed by atoms with E-state index >= 15 is 0 Å². The Morgan fingerprint density at radius 1 is 1.36 bits per heavy atom. The lowest BCUT2D eigenvalue weighted by Crippen LogP contribution is -2.43. The zero-order valence-corrected chi connectivity index (χ0v) is 9.51. The van der Waals surface area contributed by atoms with Gasteiger partial charge < -0.3 is 5.73 Å². The Kier molecular flexibility index (Phi) is 6.46. The van der Waals surface area contributed by atoms with Gasteiger partial charge in [-0.15, -0.1) is 6.58 Å². The Bertz CT molecular complexity index is 185. The Balaban J connectivity index is 3.44. The smallest absolute Gasteiger partial charge is 0.149 e. The van der Waals surface area contributed by atoms with Crippen molar-refractivity contribution in [3.8, 4) is 0 Å². The number of nitrogens with two attached hydrogens (primary N) is 1. The first-order valence-electron chi connectivity index (χ1n) is 5.41. The third-order valence-corrected chi connectivity index (χ3v) is 2.66. The first-order chi connectivity index (χ1) is 6.50. The molecule has 0 rings (SSSR count). The summed E-state index contributed by atoms with van der Waals surface area (Å²) in [6.07, 6.45) is 8.45. The second-order valence-electron chi connectivity index (χ2n) is 4.22. The van der Waals surface area contributed by atoms with Crippen molar-refractivity contribution < 1.29 is 4.79 Å². The van der Waals surface area contributed by atoms with Gasteiger partial charge in [0.1, 0.15) is 5.78 Å². The van der Waals surface area contributed by atoms with Crippen LogP contribution < -0.4 is 5.73 Å². The second-order valence-corrected chi connectivity index (χ2v) is 4.22. The molecule has 0 aromatic heterocycles. The molecule has 2 heteroatoms. The maximum atomic E-state index is 11.1. The molecular formula is C12H23NO. The van der Waals surface area contributed by atoms with E-state index in [0.717, 1.165) is 25.7 Å². The lowest BCUT2D eigenvalue weighted by molar-refractivity contribution is -0.121. The van der Waals surface area contributed by atoms with Crippen LogP contribution in [-0.2, 0) is 4.79 Å². The number of hydrogen-bond acceptors (Lipinski definition) is 2. The van der Waals surface area contributed by atoms with Crippen LogP contribution in [-0.4, -0.2) is 11.3 Å². The van der Waals surface area contributed by atoms with Crippen molar-refractivity contribution >= 4 is 5.78 Å². The number of carbonyl (C=O) groups is 1. The van der Waals surface area contributed by atoms with E-state index in [4.69, 9.17) is 5.73 Å². The summed E-state index contributed by atoms with van der Waals surface area (Å²) in [5.74, 6) is 0.0867. The average Bonchev–Trinajstić information content (AvgIpc) is 2.10. The number of allylic oxidation sites excluding steroid dienone is 1. The van der Waals surface area contributed by atoms with Crippen LogP contribution in [0.1, 0.15) is 52.4 Å². The summed E-state index contributed by atoms with van der Waals surface area (Å²) in [5, 5.41) is 0. The topological polar surface area (TPSA) is 43.1 Å². The molecule has 82 valence electrons. The molecule has 1 atom stereocenters. The number of unbranched alkanes of at least 4 members (excludes halogenated alkanes) is 4. The summed E-state index contributed by atoms with van der Waals surface area (Å²) in [5.41, 5.74) is 5.22. The molecule has 0 bridgehead atoms. The normalized spacial score (nSPS) is 14.8. The van der Waals surface area contributed by atoms with Gasteiger partial charge in [0.25, 0.3) is 0 Å². The maximum absolute atomic E-state index is 11.1. The Morgan fingerprint density at radius 3 is 2.43 bits per heavy atom. The minimum atomic E-state index is -0.613. The summed E-state index contributed by atoms with van der Waals surface area (Å²) in [4.78, 5) is 11.1. The number of carbonyl (C=O) groups excluding carboxylic acids is 1. The Labute approximate surface area is 87.6 Å². The summed E-state index contributed by atoms with van der Waals surface area (Å²) in [6.45, 7) is 7.06. The minimum Gasteiger partial charge on any atom is -0.319 e. The van der Waals surface area contributed by atoms with Crippen molar-refractivity contribution in [2.75, 3.05) is 0 Å². The maximum Gasteiger partial charge on any atom is 0.149 e. The monoisotopic (exact) mass is 197 g/mol. The molecule has 2 N–H and O–H groups in total. The standard InChI is InChI=1S/C12H23NO/c1-4-5-6-7-8-9-10-12(3,13)11(2)14/h4H,1,5-10,13H2,2-3H3/t12-/m1/s1. The van der Waals surface area contributed by atoms with Gasteiger partial charge in [0.05, 0.1) is 5.54 Å². The summed E-state index contributed by atoms with van der Waals surface area (Å²) < 4.78 is 0. The van der Waals surface area contributed by atoms with Crippen LogP contribution in [0.15, 0.2) is 12.7 Å². The van der Waals surface area contributed by atoms with Gasteiger partial charge in [0, 0.05) is 0 Å². The molecule has 0 aliphatic carbocycles. The van der Waals surface area contributed by atoms with Gasteiger partial charge in [-0.25, -0.2) is 0 Å². The van der Waals surface area contributed by atoms with Gasteiger partial charge in [0.2, 0.25) is 0 Å². The van der Waals surface area contributed by atoms with E-state index in [2.05, 4.69) is 6.58 Å². The second kappa shape index (κ2) is 6.77. The van der Waals surface area contributed by atoms with Crippen LogP contribution in [0.4, 0.5) is 0 Å². The molecule has 2 nitrogen and oxygen atoms in total. The Morgan fingerprint density at radius 2 is 1.93 bits per heavy atom. The molecule has 0 unspecified atom stereocenters. The number of hydrogen-bond donors (Lipinski definition) is 1. The zero-order chi connectivity index (χ0) is 11.0. The van der Waals surface area contributed by atoms with Crippen LogP contribution in [0.25, 0.3) is 0 Å². The number of Topliss-reactive ketones (excluding diaryl/α,β-unsaturated/α-hetero) is 1. The van der Waals surface area contributed by atoms with Crippen LogP contribution in [0.3, 0.4) is 0 Å². The summed E-state index contributed by atoms with van der Waals surface area (Å²) >= 11 is 0. The van der Waals surface area contributed by atoms with Gasteiger partial charge in [-0.1, -0.05) is 25.3 Å². The highest BCUT2D eigenvalue weighted by Gasteiger charge is 2.22. The molecule has 0 radical (unpaired) electrons. The summed E-state index contributed by atoms with van der Waals surface area (Å²) in [7, 11) is 0. The highest BCUT2D eigenvalue weighted by molar-refractivity contribution is 5.85. The summed E-state index contributed by atoms with van der Waals surface area (Å²) in [6, 6.07) is 0. The fourth-order valence-electron chi connectivity index (χ4n) is 1.31. The molecule has 0 amide bonds. The molecule has 0 heterocycles. The third-order valence-electron chi connectivity index (χ3n) is 2.66. The first kappa shape index (κ1) is 13.4. The highest BCUT2D eigenvalue weighted by Crippen LogP contribution is 2.14. The molecule has 0 aliphatic heterocycles. The molecule has 0 saturated heterocycles. The molecule has 0 aromatic carbocycles. The van der Waals surface area contributed by atoms with E-state index in [9.17, 15) is 4.79 Å². The molecule has 0 aliphatic rings. The molecule has 0 fully saturated rings. The van der Waals surface area contributed by atoms with Gasteiger partial charge >= 0.3 is 0 Å². The van der Waals surface area contributed by atoms with Gasteiger partial charge in [0.15, 0.2) is 0 Å². The molecule has 14 heavy (non-hydrogen) atoms. The fraction of sp³-hybridized carbons (Fsp3) is 0.750. The van der Waals surface area contributed by atoms with Crippen molar-refractivity contribution in [3.05, 3.63) is 12.7 Å². The molecule has 0 spiro atoms. The van der Waals surface area contributed by atoms with Crippen molar-refractivity contribution in [2.45, 2.75) is 57.9 Å². The van der Waals surface area contributed by atoms with E-state index in [1.165, 1.54) is 12.8 Å². The minimum absolute atomic E-state index is 0.0867. The fourth-order valence-corrected chi connectivity index (χ4v) is 1.31. The number of rotatable bonds is 8. The molecular weight excluding hydrogens is 174 g/mol. The predicted molar refractivity (Wildman–Crippen MR) is 61.2 cm³/mol. The van der Waals surface area contributed by atoms with E-state index in [1.54, 1.807) is 6.92 Å².